The third-order valence-corrected chi connectivity index (χ3v) is 3.15. The minimum Gasteiger partial charge on any atom is -0.329 e. The lowest BCUT2D eigenvalue weighted by Gasteiger charge is -2.21. The molecular formula is C13H21ClN2. The van der Waals surface area contributed by atoms with Crippen molar-refractivity contribution in [2.75, 3.05) is 6.54 Å². The average Bonchev–Trinajstić information content (AvgIpc) is 2.21. The maximum Gasteiger partial charge on any atom is 0.0408 e. The molecule has 0 amide bonds. The van der Waals surface area contributed by atoms with Crippen LogP contribution in [0.3, 0.4) is 0 Å². The van der Waals surface area contributed by atoms with Gasteiger partial charge in [-0.25, -0.2) is 0 Å². The van der Waals surface area contributed by atoms with E-state index in [1.165, 1.54) is 11.1 Å². The molecule has 1 unspecified atom stereocenters. The van der Waals surface area contributed by atoms with Gasteiger partial charge >= 0.3 is 0 Å². The van der Waals surface area contributed by atoms with Gasteiger partial charge in [-0.15, -0.1) is 0 Å². The van der Waals surface area contributed by atoms with Crippen molar-refractivity contribution in [1.82, 2.24) is 5.32 Å². The predicted molar refractivity (Wildman–Crippen MR) is 70.7 cm³/mol. The second-order valence-electron chi connectivity index (χ2n) is 4.54. The van der Waals surface area contributed by atoms with Crippen LogP contribution in [0, 0.1) is 12.8 Å². The van der Waals surface area contributed by atoms with E-state index >= 15 is 0 Å². The van der Waals surface area contributed by atoms with E-state index in [1.54, 1.807) is 0 Å². The largest absolute Gasteiger partial charge is 0.329 e. The Bertz CT molecular complexity index is 337. The fourth-order valence-electron chi connectivity index (χ4n) is 1.69. The number of benzene rings is 1. The molecule has 0 aliphatic rings. The van der Waals surface area contributed by atoms with Crippen molar-refractivity contribution >= 4 is 11.6 Å². The van der Waals surface area contributed by atoms with E-state index in [9.17, 15) is 0 Å². The number of aryl methyl sites for hydroxylation is 1. The van der Waals surface area contributed by atoms with Crippen molar-refractivity contribution in [1.29, 1.82) is 0 Å². The van der Waals surface area contributed by atoms with Crippen molar-refractivity contribution in [3.8, 4) is 0 Å². The second-order valence-corrected chi connectivity index (χ2v) is 4.97. The zero-order chi connectivity index (χ0) is 12.1. The highest BCUT2D eigenvalue weighted by Crippen LogP contribution is 2.15. The molecule has 16 heavy (non-hydrogen) atoms. The SMILES string of the molecule is Cc1cc(Cl)ccc1CNC(CN)C(C)C. The highest BCUT2D eigenvalue weighted by atomic mass is 35.5. The molecule has 0 spiro atoms. The first-order valence-electron chi connectivity index (χ1n) is 5.73. The van der Waals surface area contributed by atoms with E-state index in [2.05, 4.69) is 32.2 Å². The van der Waals surface area contributed by atoms with E-state index in [-0.39, 0.29) is 0 Å². The Morgan fingerprint density at radius 2 is 2.06 bits per heavy atom. The molecule has 90 valence electrons. The van der Waals surface area contributed by atoms with Gasteiger partial charge < -0.3 is 11.1 Å². The highest BCUT2D eigenvalue weighted by Gasteiger charge is 2.10. The van der Waals surface area contributed by atoms with Gasteiger partial charge in [0.05, 0.1) is 0 Å². The van der Waals surface area contributed by atoms with Gasteiger partial charge in [0, 0.05) is 24.2 Å². The van der Waals surface area contributed by atoms with Crippen LogP contribution >= 0.6 is 11.6 Å². The molecule has 0 radical (unpaired) electrons. The summed E-state index contributed by atoms with van der Waals surface area (Å²) in [6.07, 6.45) is 0. The monoisotopic (exact) mass is 240 g/mol. The predicted octanol–water partition coefficient (Wildman–Crippen LogP) is 2.72. The topological polar surface area (TPSA) is 38.0 Å². The summed E-state index contributed by atoms with van der Waals surface area (Å²) in [6, 6.07) is 6.36. The molecular weight excluding hydrogens is 220 g/mol. The Morgan fingerprint density at radius 3 is 2.56 bits per heavy atom. The van der Waals surface area contributed by atoms with Gasteiger partial charge in [0.1, 0.15) is 0 Å². The molecule has 1 rings (SSSR count). The Morgan fingerprint density at radius 1 is 1.38 bits per heavy atom. The molecule has 0 aromatic heterocycles. The van der Waals surface area contributed by atoms with Crippen LogP contribution in [0.5, 0.6) is 0 Å². The Hall–Kier alpha value is -0.570. The molecule has 3 heteroatoms. The van der Waals surface area contributed by atoms with Gasteiger partial charge in [0.25, 0.3) is 0 Å². The normalized spacial score (nSPS) is 13.1. The molecule has 0 heterocycles. The van der Waals surface area contributed by atoms with Crippen LogP contribution < -0.4 is 11.1 Å². The van der Waals surface area contributed by atoms with Crippen molar-refractivity contribution in [2.24, 2.45) is 11.7 Å². The Balaban J connectivity index is 2.60. The van der Waals surface area contributed by atoms with Crippen LogP contribution in [0.25, 0.3) is 0 Å². The minimum absolute atomic E-state index is 0.370. The van der Waals surface area contributed by atoms with Crippen molar-refractivity contribution in [2.45, 2.75) is 33.4 Å². The summed E-state index contributed by atoms with van der Waals surface area (Å²) < 4.78 is 0. The van der Waals surface area contributed by atoms with E-state index in [4.69, 9.17) is 17.3 Å². The van der Waals surface area contributed by atoms with Gasteiger partial charge in [0.2, 0.25) is 0 Å². The summed E-state index contributed by atoms with van der Waals surface area (Å²) in [5.41, 5.74) is 8.22. The second kappa shape index (κ2) is 6.24. The number of halogens is 1. The summed E-state index contributed by atoms with van der Waals surface area (Å²) in [4.78, 5) is 0. The van der Waals surface area contributed by atoms with E-state index < -0.39 is 0 Å². The standard InChI is InChI=1S/C13H21ClN2/c1-9(2)13(7-15)16-8-11-4-5-12(14)6-10(11)3/h4-6,9,13,16H,7-8,15H2,1-3H3. The molecule has 0 aliphatic carbocycles. The van der Waals surface area contributed by atoms with Crippen LogP contribution in [-0.2, 0) is 6.54 Å². The molecule has 0 aliphatic heterocycles. The van der Waals surface area contributed by atoms with E-state index in [0.717, 1.165) is 11.6 Å². The quantitative estimate of drug-likeness (QED) is 0.831. The first-order valence-corrected chi connectivity index (χ1v) is 6.11. The molecule has 2 nitrogen and oxygen atoms in total. The summed E-state index contributed by atoms with van der Waals surface area (Å²) in [5.74, 6) is 0.553. The summed E-state index contributed by atoms with van der Waals surface area (Å²) in [7, 11) is 0. The highest BCUT2D eigenvalue weighted by molar-refractivity contribution is 6.30. The molecule has 0 bridgehead atoms. The van der Waals surface area contributed by atoms with Crippen molar-refractivity contribution in [3.63, 3.8) is 0 Å². The molecule has 3 N–H and O–H groups in total. The maximum atomic E-state index is 5.92. The number of nitrogens with two attached hydrogens (primary N) is 1. The van der Waals surface area contributed by atoms with Gasteiger partial charge in [0.15, 0.2) is 0 Å². The molecule has 0 saturated carbocycles. The van der Waals surface area contributed by atoms with Crippen molar-refractivity contribution in [3.05, 3.63) is 34.3 Å². The zero-order valence-electron chi connectivity index (χ0n) is 10.3. The average molecular weight is 241 g/mol. The lowest BCUT2D eigenvalue weighted by Crippen LogP contribution is -2.39. The molecule has 1 aromatic rings. The van der Waals surface area contributed by atoms with Crippen LogP contribution in [0.1, 0.15) is 25.0 Å². The van der Waals surface area contributed by atoms with Crippen LogP contribution in [0.15, 0.2) is 18.2 Å². The fraction of sp³-hybridized carbons (Fsp3) is 0.538. The van der Waals surface area contributed by atoms with Gasteiger partial charge in [-0.1, -0.05) is 31.5 Å². The Kier molecular flexibility index (Phi) is 5.26. The van der Waals surface area contributed by atoms with Gasteiger partial charge in [-0.05, 0) is 36.1 Å². The first kappa shape index (κ1) is 13.5. The third-order valence-electron chi connectivity index (χ3n) is 2.92. The Labute approximate surface area is 103 Å². The molecule has 1 aromatic carbocycles. The first-order chi connectivity index (χ1) is 7.54. The number of hydrogen-bond acceptors (Lipinski definition) is 2. The number of nitrogens with one attached hydrogen (secondary N) is 1. The van der Waals surface area contributed by atoms with Crippen molar-refractivity contribution < 1.29 is 0 Å². The third kappa shape index (κ3) is 3.78. The molecule has 1 atom stereocenters. The van der Waals surface area contributed by atoms with Crippen LogP contribution in [0.2, 0.25) is 5.02 Å². The van der Waals surface area contributed by atoms with E-state index in [1.807, 2.05) is 12.1 Å². The summed E-state index contributed by atoms with van der Waals surface area (Å²) in [6.45, 7) is 7.96. The number of rotatable bonds is 5. The summed E-state index contributed by atoms with van der Waals surface area (Å²) in [5, 5.41) is 4.27. The van der Waals surface area contributed by atoms with Crippen LogP contribution in [0.4, 0.5) is 0 Å². The smallest absolute Gasteiger partial charge is 0.0408 e. The maximum absolute atomic E-state index is 5.92. The van der Waals surface area contributed by atoms with E-state index in [0.29, 0.717) is 18.5 Å². The molecule has 0 saturated heterocycles. The molecule has 0 fully saturated rings. The zero-order valence-corrected chi connectivity index (χ0v) is 11.0. The lowest BCUT2D eigenvalue weighted by molar-refractivity contribution is 0.404. The van der Waals surface area contributed by atoms with Gasteiger partial charge in [-0.3, -0.25) is 0 Å². The summed E-state index contributed by atoms with van der Waals surface area (Å²) >= 11 is 5.92. The minimum atomic E-state index is 0.370. The lowest BCUT2D eigenvalue weighted by atomic mass is 10.0. The number of hydrogen-bond donors (Lipinski definition) is 2. The van der Waals surface area contributed by atoms with Gasteiger partial charge in [-0.2, -0.15) is 0 Å². The van der Waals surface area contributed by atoms with Crippen LogP contribution in [-0.4, -0.2) is 12.6 Å². The fourth-order valence-corrected chi connectivity index (χ4v) is 1.92.